The van der Waals surface area contributed by atoms with Gasteiger partial charge < -0.3 is 9.80 Å². The second-order valence-electron chi connectivity index (χ2n) is 6.22. The standard InChI is InChI=1S/C17H25N3O/c1-14(21)20-12-6-7-16(20)15-8-9-17(18-13-15)19-10-4-2-3-5-11-19/h8-9,13,16H,2-7,10-12H2,1H3/t16-/m0/s1. The van der Waals surface area contributed by atoms with Crippen molar-refractivity contribution >= 4 is 11.7 Å². The molecule has 0 unspecified atom stereocenters. The van der Waals surface area contributed by atoms with Crippen molar-refractivity contribution in [1.29, 1.82) is 0 Å². The van der Waals surface area contributed by atoms with Gasteiger partial charge in [0.05, 0.1) is 6.04 Å². The molecule has 3 rings (SSSR count). The van der Waals surface area contributed by atoms with Gasteiger partial charge in [-0.1, -0.05) is 18.9 Å². The maximum absolute atomic E-state index is 11.7. The number of carbonyl (C=O) groups excluding carboxylic acids is 1. The third-order valence-corrected chi connectivity index (χ3v) is 4.74. The molecule has 0 radical (unpaired) electrons. The molecule has 3 heterocycles. The first-order valence-corrected chi connectivity index (χ1v) is 8.24. The minimum Gasteiger partial charge on any atom is -0.357 e. The van der Waals surface area contributed by atoms with Crippen molar-refractivity contribution in [1.82, 2.24) is 9.88 Å². The lowest BCUT2D eigenvalue weighted by molar-refractivity contribution is -0.129. The molecule has 1 aromatic heterocycles. The molecule has 4 nitrogen and oxygen atoms in total. The Kier molecular flexibility index (Phi) is 4.42. The topological polar surface area (TPSA) is 36.4 Å². The zero-order chi connectivity index (χ0) is 14.7. The number of anilines is 1. The Morgan fingerprint density at radius 3 is 2.48 bits per heavy atom. The molecule has 114 valence electrons. The molecule has 2 aliphatic heterocycles. The lowest BCUT2D eigenvalue weighted by atomic mass is 10.1. The van der Waals surface area contributed by atoms with Crippen LogP contribution >= 0.6 is 0 Å². The first-order valence-electron chi connectivity index (χ1n) is 8.24. The van der Waals surface area contributed by atoms with E-state index in [4.69, 9.17) is 0 Å². The highest BCUT2D eigenvalue weighted by atomic mass is 16.2. The maximum Gasteiger partial charge on any atom is 0.219 e. The molecule has 0 aliphatic carbocycles. The molecular weight excluding hydrogens is 262 g/mol. The molecule has 0 N–H and O–H groups in total. The van der Waals surface area contributed by atoms with Crippen LogP contribution < -0.4 is 4.90 Å². The van der Waals surface area contributed by atoms with Crippen LogP contribution in [0.4, 0.5) is 5.82 Å². The van der Waals surface area contributed by atoms with Gasteiger partial charge in [0.25, 0.3) is 0 Å². The maximum atomic E-state index is 11.7. The van der Waals surface area contributed by atoms with Crippen molar-refractivity contribution in [2.75, 3.05) is 24.5 Å². The van der Waals surface area contributed by atoms with E-state index in [1.54, 1.807) is 6.92 Å². The molecule has 0 bridgehead atoms. The number of hydrogen-bond donors (Lipinski definition) is 0. The average Bonchev–Trinajstić information content (AvgIpc) is 2.83. The summed E-state index contributed by atoms with van der Waals surface area (Å²) in [7, 11) is 0. The summed E-state index contributed by atoms with van der Waals surface area (Å²) in [4.78, 5) is 20.7. The number of aromatic nitrogens is 1. The van der Waals surface area contributed by atoms with Gasteiger partial charge in [-0.2, -0.15) is 0 Å². The van der Waals surface area contributed by atoms with E-state index in [-0.39, 0.29) is 11.9 Å². The van der Waals surface area contributed by atoms with Crippen LogP contribution in [0.1, 0.15) is 57.1 Å². The Bertz CT molecular complexity index is 477. The van der Waals surface area contributed by atoms with Gasteiger partial charge in [-0.25, -0.2) is 4.98 Å². The Balaban J connectivity index is 1.72. The molecule has 0 saturated carbocycles. The molecule has 2 fully saturated rings. The number of rotatable bonds is 2. The molecule has 0 aromatic carbocycles. The summed E-state index contributed by atoms with van der Waals surface area (Å²) < 4.78 is 0. The lowest BCUT2D eigenvalue weighted by Crippen LogP contribution is -2.28. The predicted octanol–water partition coefficient (Wildman–Crippen LogP) is 3.15. The Morgan fingerprint density at radius 2 is 1.86 bits per heavy atom. The van der Waals surface area contributed by atoms with Crippen LogP contribution in [0.2, 0.25) is 0 Å². The van der Waals surface area contributed by atoms with E-state index >= 15 is 0 Å². The van der Waals surface area contributed by atoms with Crippen molar-refractivity contribution in [3.63, 3.8) is 0 Å². The number of hydrogen-bond acceptors (Lipinski definition) is 3. The van der Waals surface area contributed by atoms with E-state index in [1.165, 1.54) is 31.2 Å². The van der Waals surface area contributed by atoms with Crippen molar-refractivity contribution in [3.8, 4) is 0 Å². The van der Waals surface area contributed by atoms with E-state index < -0.39 is 0 Å². The van der Waals surface area contributed by atoms with Gasteiger partial charge in [0, 0.05) is 32.8 Å². The molecule has 1 amide bonds. The van der Waals surface area contributed by atoms with Crippen molar-refractivity contribution in [2.24, 2.45) is 0 Å². The molecule has 2 saturated heterocycles. The van der Waals surface area contributed by atoms with Gasteiger partial charge in [-0.15, -0.1) is 0 Å². The highest BCUT2D eigenvalue weighted by Crippen LogP contribution is 2.32. The van der Waals surface area contributed by atoms with Gasteiger partial charge >= 0.3 is 0 Å². The number of nitrogens with zero attached hydrogens (tertiary/aromatic N) is 3. The van der Waals surface area contributed by atoms with Crippen LogP contribution in [-0.2, 0) is 4.79 Å². The van der Waals surface area contributed by atoms with Gasteiger partial charge in [-0.3, -0.25) is 4.79 Å². The van der Waals surface area contributed by atoms with Crippen molar-refractivity contribution in [3.05, 3.63) is 23.9 Å². The van der Waals surface area contributed by atoms with Crippen molar-refractivity contribution < 1.29 is 4.79 Å². The molecule has 21 heavy (non-hydrogen) atoms. The zero-order valence-electron chi connectivity index (χ0n) is 12.9. The zero-order valence-corrected chi connectivity index (χ0v) is 12.9. The fraction of sp³-hybridized carbons (Fsp3) is 0.647. The lowest BCUT2D eigenvalue weighted by Gasteiger charge is -2.25. The number of amides is 1. The van der Waals surface area contributed by atoms with E-state index in [0.29, 0.717) is 0 Å². The largest absolute Gasteiger partial charge is 0.357 e. The predicted molar refractivity (Wildman–Crippen MR) is 84.3 cm³/mol. The fourth-order valence-electron chi connectivity index (χ4n) is 3.57. The molecular formula is C17H25N3O. The van der Waals surface area contributed by atoms with Crippen LogP contribution in [0.15, 0.2) is 18.3 Å². The van der Waals surface area contributed by atoms with Crippen LogP contribution in [-0.4, -0.2) is 35.4 Å². The minimum absolute atomic E-state index is 0.175. The summed E-state index contributed by atoms with van der Waals surface area (Å²) in [5, 5.41) is 0. The Hall–Kier alpha value is -1.58. The number of pyridine rings is 1. The van der Waals surface area contributed by atoms with Gasteiger partial charge in [0.15, 0.2) is 0 Å². The smallest absolute Gasteiger partial charge is 0.219 e. The highest BCUT2D eigenvalue weighted by molar-refractivity contribution is 5.74. The van der Waals surface area contributed by atoms with Gasteiger partial charge in [0.1, 0.15) is 5.82 Å². The second-order valence-corrected chi connectivity index (χ2v) is 6.22. The number of likely N-dealkylation sites (tertiary alicyclic amines) is 1. The summed E-state index contributed by atoms with van der Waals surface area (Å²) in [5.41, 5.74) is 1.18. The molecule has 1 aromatic rings. The monoisotopic (exact) mass is 287 g/mol. The molecule has 0 spiro atoms. The van der Waals surface area contributed by atoms with Gasteiger partial charge in [-0.05, 0) is 37.3 Å². The average molecular weight is 287 g/mol. The van der Waals surface area contributed by atoms with Crippen LogP contribution in [0.25, 0.3) is 0 Å². The highest BCUT2D eigenvalue weighted by Gasteiger charge is 2.28. The first-order chi connectivity index (χ1) is 10.3. The van der Waals surface area contributed by atoms with Crippen molar-refractivity contribution in [2.45, 2.75) is 51.5 Å². The summed E-state index contributed by atoms with van der Waals surface area (Å²) in [6.07, 6.45) is 9.34. The SMILES string of the molecule is CC(=O)N1CCC[C@H]1c1ccc(N2CCCCCC2)nc1. The molecule has 4 heteroatoms. The summed E-state index contributed by atoms with van der Waals surface area (Å²) in [6, 6.07) is 4.53. The van der Waals surface area contributed by atoms with Crippen LogP contribution in [0.5, 0.6) is 0 Å². The third kappa shape index (κ3) is 3.20. The van der Waals surface area contributed by atoms with E-state index in [1.807, 2.05) is 11.1 Å². The second kappa shape index (κ2) is 6.46. The van der Waals surface area contributed by atoms with Crippen LogP contribution in [0.3, 0.4) is 0 Å². The van der Waals surface area contributed by atoms with E-state index in [2.05, 4.69) is 22.0 Å². The molecule has 2 aliphatic rings. The van der Waals surface area contributed by atoms with E-state index in [9.17, 15) is 4.79 Å². The number of carbonyl (C=O) groups is 1. The summed E-state index contributed by atoms with van der Waals surface area (Å²) in [5.74, 6) is 1.27. The summed E-state index contributed by atoms with van der Waals surface area (Å²) in [6.45, 7) is 4.79. The summed E-state index contributed by atoms with van der Waals surface area (Å²) >= 11 is 0. The van der Waals surface area contributed by atoms with Gasteiger partial charge in [0.2, 0.25) is 5.91 Å². The quantitative estimate of drug-likeness (QED) is 0.838. The normalized spacial score (nSPS) is 23.2. The van der Waals surface area contributed by atoms with Crippen LogP contribution in [0, 0.1) is 0 Å². The minimum atomic E-state index is 0.175. The van der Waals surface area contributed by atoms with E-state index in [0.717, 1.165) is 38.3 Å². The first kappa shape index (κ1) is 14.4. The molecule has 1 atom stereocenters. The fourth-order valence-corrected chi connectivity index (χ4v) is 3.57. The Morgan fingerprint density at radius 1 is 1.10 bits per heavy atom. The Labute approximate surface area is 127 Å². The third-order valence-electron chi connectivity index (χ3n) is 4.74.